The molecule has 12 atom stereocenters. The number of aliphatic hydroxyl groups excluding tert-OH is 1. The van der Waals surface area contributed by atoms with Gasteiger partial charge in [-0.15, -0.1) is 0 Å². The molecule has 0 bridgehead atoms. The van der Waals surface area contributed by atoms with Crippen LogP contribution < -0.4 is 10.6 Å². The van der Waals surface area contributed by atoms with E-state index >= 15 is 0 Å². The van der Waals surface area contributed by atoms with Crippen molar-refractivity contribution in [3.8, 4) is 23.7 Å². The minimum absolute atomic E-state index is 0.0335. The highest BCUT2D eigenvalue weighted by Crippen LogP contribution is 2.65. The van der Waals surface area contributed by atoms with Gasteiger partial charge in [0.2, 0.25) is 0 Å². The van der Waals surface area contributed by atoms with Crippen LogP contribution in [0.3, 0.4) is 0 Å². The Hall–Kier alpha value is -4.41. The number of ketones is 1. The van der Waals surface area contributed by atoms with Gasteiger partial charge in [0, 0.05) is 71.2 Å². The summed E-state index contributed by atoms with van der Waals surface area (Å²) in [7, 11) is -11.2. The number of hydrogen-bond donors (Lipinski definition) is 3. The fraction of sp³-hybridized carbons (Fsp3) is 0.700. The zero-order chi connectivity index (χ0) is 98.1. The van der Waals surface area contributed by atoms with Crippen LogP contribution in [0, 0.1) is 69.0 Å². The van der Waals surface area contributed by atoms with E-state index in [0.29, 0.717) is 94.4 Å². The molecule has 6 aliphatic carbocycles. The number of Topliss-reactive ketones (excluding diaryl/α,β-unsaturated/α-hetero) is 1. The average Bonchev–Trinajstić information content (AvgIpc) is 1.28. The molecule has 116 heavy (non-hydrogen) atoms. The Morgan fingerprint density at radius 3 is 1.53 bits per heavy atom. The van der Waals surface area contributed by atoms with Crippen molar-refractivity contribution in [1.82, 2.24) is 0 Å². The van der Waals surface area contributed by atoms with Crippen LogP contribution in [-0.4, -0.2) is 124 Å². The van der Waals surface area contributed by atoms with Crippen LogP contribution in [0.4, 0.5) is 61.5 Å². The van der Waals surface area contributed by atoms with Crippen molar-refractivity contribution in [2.45, 2.75) is 346 Å². The Labute approximate surface area is 702 Å². The molecule has 0 radical (unpaired) electrons. The predicted molar refractivity (Wildman–Crippen MR) is 445 cm³/mol. The second-order valence-corrected chi connectivity index (χ2v) is 54.3. The molecule has 6 saturated carbocycles. The molecule has 0 saturated heterocycles. The maximum Gasteiger partial charge on any atom is 0.438 e. The van der Waals surface area contributed by atoms with E-state index in [4.69, 9.17) is 29.7 Å². The SMILES string of the molecule is C=C1/C(=C\CP(=O)(c2ccccc2)c2ccccc2)C[C@@H](O[Si](C)(C)C(C)(C)C)C[C@@H]1F.[2H]C([2H])([2H])C(CCC[C@](C)(CC#CC(O[Si](C)(C)C)(C(F)(F)F)C(F)(F)F)[C@H]1CCC2C(=O)CCC[C@@]21C)(O[Si](C)(C)C)C([2H])([2H])[2H].[2H]C([2H])([2H])C(O)(CCC[C@](C)(CC#CC(O)(C(F)(F)F)C(F)(F)F)[C@H]1CCC2/C(=C/C=C3/C[C@@H](O)C[C@H](F)C3=C)CCC[C@@]21C)C([2H])([2H])[2H]. The smallest absolute Gasteiger partial charge is 0.413 e. The van der Waals surface area contributed by atoms with Crippen molar-refractivity contribution in [1.29, 1.82) is 0 Å². The minimum Gasteiger partial charge on any atom is -0.413 e. The topological polar surface area (TPSA) is 123 Å². The minimum atomic E-state index is -6.16. The first-order chi connectivity index (χ1) is 57.7. The van der Waals surface area contributed by atoms with E-state index in [2.05, 4.69) is 52.9 Å². The molecular formula is C90H131F14O8PSi3. The van der Waals surface area contributed by atoms with E-state index in [-0.39, 0.29) is 78.8 Å². The fourth-order valence-corrected chi connectivity index (χ4v) is 24.8. The van der Waals surface area contributed by atoms with E-state index in [1.807, 2.05) is 92.6 Å². The molecule has 2 aromatic carbocycles. The molecule has 0 aliphatic heterocycles. The molecule has 0 spiro atoms. The number of carbonyl (C=O) groups excluding carboxylic acids is 1. The summed E-state index contributed by atoms with van der Waals surface area (Å²) in [6.45, 7) is 21.8. The van der Waals surface area contributed by atoms with Gasteiger partial charge in [0.1, 0.15) is 25.3 Å². The van der Waals surface area contributed by atoms with Crippen molar-refractivity contribution in [2.24, 2.45) is 45.3 Å². The van der Waals surface area contributed by atoms with Gasteiger partial charge < -0.3 is 33.2 Å². The maximum absolute atomic E-state index is 14.9. The Morgan fingerprint density at radius 2 is 1.06 bits per heavy atom. The fourth-order valence-electron chi connectivity index (χ4n) is 18.5. The third kappa shape index (κ3) is 24.7. The monoisotopic (exact) mass is 1730 g/mol. The average molecular weight is 1730 g/mol. The van der Waals surface area contributed by atoms with Crippen LogP contribution in [0.15, 0.2) is 120 Å². The molecule has 654 valence electrons. The largest absolute Gasteiger partial charge is 0.438 e. The lowest BCUT2D eigenvalue weighted by Gasteiger charge is -2.49. The Balaban J connectivity index is 0.000000303. The summed E-state index contributed by atoms with van der Waals surface area (Å²) in [5.74, 6) is 5.55. The standard InChI is InChI=1S/C33H45F7O3.C30H50F6O3Si2.C27H36FO2PSi/c1-21-23(19-24(41)20-26(21)34)11-10-22-9-6-17-30(5)25(22)12-13-27(30)29(4,15-7-14-28(2,3)42)16-8-18-31(43,32(35,36)37)33(38,39)40;1-25(2,38-40(5,6)7)17-12-18-26(3,24-16-15-22-23(37)14-11-20-27(22,24)4)19-13-21-28(29(31,32)33,30(34,35)36)39-41(8,9)10;1-21-22(19-23(20-26(21)28)30-32(5,6)27(2,3)4)17-18-31(29,24-13-9-7-10-14-24)25-15-11-8-12-16-25/h10-11,24-27,41-43H,1,6-7,9,12-17,19-20H2,2-5H3;22,24H,11-12,14-20H2,1-10H3;7-17,23,26H,1,18-20H2,2-6H3/b22-10+,23-11-;;22-17-/t24-,25?,26+,27-,29-,30+;22?,24-,26-,27+;23-,26+/m111/s1/i2D3,3D3;1D3,2D3;. The van der Waals surface area contributed by atoms with Crippen LogP contribution in [0.2, 0.25) is 57.4 Å². The molecule has 6 aliphatic rings. The second kappa shape index (κ2) is 37.3. The van der Waals surface area contributed by atoms with Crippen molar-refractivity contribution in [2.75, 3.05) is 6.16 Å². The molecule has 8 nitrogen and oxygen atoms in total. The van der Waals surface area contributed by atoms with Gasteiger partial charge in [0.15, 0.2) is 25.0 Å². The van der Waals surface area contributed by atoms with Crippen molar-refractivity contribution in [3.63, 3.8) is 0 Å². The molecule has 0 heterocycles. The number of allylic oxidation sites excluding steroid dienone is 6. The first kappa shape index (κ1) is 82.5. The van der Waals surface area contributed by atoms with Crippen LogP contribution in [-0.2, 0) is 22.6 Å². The third-order valence-corrected chi connectivity index (χ3v) is 34.7. The number of alkyl halides is 14. The van der Waals surface area contributed by atoms with Crippen molar-refractivity contribution >= 4 is 48.5 Å². The molecule has 26 heteroatoms. The van der Waals surface area contributed by atoms with Gasteiger partial charge >= 0.3 is 35.9 Å². The summed E-state index contributed by atoms with van der Waals surface area (Å²) in [6.07, 6.45) is -17.6. The number of rotatable bonds is 23. The van der Waals surface area contributed by atoms with E-state index < -0.39 is 178 Å². The first-order valence-corrected chi connectivity index (χ1v) is 51.7. The lowest BCUT2D eigenvalue weighted by molar-refractivity contribution is -0.343. The van der Waals surface area contributed by atoms with E-state index in [9.17, 15) is 86.1 Å². The Bertz CT molecular complexity index is 4350. The van der Waals surface area contributed by atoms with Crippen LogP contribution >= 0.6 is 7.14 Å². The van der Waals surface area contributed by atoms with Gasteiger partial charge in [-0.2, -0.15) is 52.7 Å². The highest BCUT2D eigenvalue weighted by Gasteiger charge is 2.74. The Kier molecular flexibility index (Phi) is 26.6. The number of halogens is 14. The Morgan fingerprint density at radius 1 is 0.595 bits per heavy atom. The number of benzene rings is 2. The molecule has 3 N–H and O–H groups in total. The normalized spacial score (nSPS) is 29.2. The number of fused-ring (bicyclic) bond motifs is 2. The van der Waals surface area contributed by atoms with Gasteiger partial charge in [-0.1, -0.05) is 171 Å². The van der Waals surface area contributed by atoms with Gasteiger partial charge in [-0.05, 0) is 255 Å². The third-order valence-electron chi connectivity index (χ3n) is 25.3. The van der Waals surface area contributed by atoms with E-state index in [0.717, 1.165) is 27.7 Å². The summed E-state index contributed by atoms with van der Waals surface area (Å²) in [5.41, 5.74) is -15.9. The van der Waals surface area contributed by atoms with Gasteiger partial charge in [0.05, 0.1) is 23.4 Å². The van der Waals surface area contributed by atoms with Gasteiger partial charge in [-0.25, -0.2) is 8.78 Å². The van der Waals surface area contributed by atoms with Gasteiger partial charge in [0.25, 0.3) is 0 Å². The zero-order valence-corrected chi connectivity index (χ0v) is 73.8. The second-order valence-electron chi connectivity index (χ2n) is 37.8. The molecule has 6 fully saturated rings. The molecule has 8 rings (SSSR count). The molecular weight excluding hydrogens is 1590 g/mol. The van der Waals surface area contributed by atoms with E-state index in [1.54, 1.807) is 39.6 Å². The summed E-state index contributed by atoms with van der Waals surface area (Å²) in [6, 6.07) is 19.2. The van der Waals surface area contributed by atoms with Crippen molar-refractivity contribution in [3.05, 3.63) is 120 Å². The van der Waals surface area contributed by atoms with Crippen molar-refractivity contribution < 1.29 is 116 Å². The summed E-state index contributed by atoms with van der Waals surface area (Å²) < 4.78 is 322. The molecule has 0 amide bonds. The summed E-state index contributed by atoms with van der Waals surface area (Å²) in [5, 5.41) is 32.2. The lowest BCUT2D eigenvalue weighted by atomic mass is 9.55. The predicted octanol–water partition coefficient (Wildman–Crippen LogP) is 25.0. The summed E-state index contributed by atoms with van der Waals surface area (Å²) in [4.78, 5) is 12.9. The number of aliphatic hydroxyl groups is 3. The lowest BCUT2D eigenvalue weighted by Crippen LogP contribution is -2.61. The highest BCUT2D eigenvalue weighted by molar-refractivity contribution is 7.78. The summed E-state index contributed by atoms with van der Waals surface area (Å²) >= 11 is 0. The van der Waals surface area contributed by atoms with E-state index in [1.165, 1.54) is 25.6 Å². The quantitative estimate of drug-likeness (QED) is 0.0435. The number of carbonyl (C=O) groups is 1. The molecule has 2 aromatic rings. The zero-order valence-electron chi connectivity index (χ0n) is 81.9. The first-order valence-electron chi connectivity index (χ1n) is 46.1. The molecule has 0 aromatic heterocycles. The highest BCUT2D eigenvalue weighted by atomic mass is 31.2. The maximum atomic E-state index is 14.9. The number of hydrogen-bond acceptors (Lipinski definition) is 8. The van der Waals surface area contributed by atoms with Crippen LogP contribution in [0.1, 0.15) is 234 Å². The van der Waals surface area contributed by atoms with Gasteiger partial charge in [-0.3, -0.25) is 4.79 Å². The van der Waals surface area contributed by atoms with Crippen LogP contribution in [0.5, 0.6) is 0 Å². The molecule has 2 unspecified atom stereocenters. The van der Waals surface area contributed by atoms with Crippen LogP contribution in [0.25, 0.3) is 0 Å².